The van der Waals surface area contributed by atoms with E-state index in [2.05, 4.69) is 60.0 Å². The maximum atomic E-state index is 9.62. The summed E-state index contributed by atoms with van der Waals surface area (Å²) >= 11 is 0. The Hall–Kier alpha value is -0.135. The average molecular weight is 601 g/mol. The molecule has 0 aliphatic carbocycles. The minimum atomic E-state index is -2.10. The minimum Gasteiger partial charge on any atom is -0.871 e. The molecule has 0 radical (unpaired) electrons. The van der Waals surface area contributed by atoms with Crippen molar-refractivity contribution in [3.05, 3.63) is 0 Å². The molecule has 0 aromatic heterocycles. The molecular formula is C36H81BN2O3. The molecule has 256 valence electrons. The summed E-state index contributed by atoms with van der Waals surface area (Å²) in [6.45, 7) is 32.3. The molecule has 0 N–H and O–H groups in total. The highest BCUT2D eigenvalue weighted by molar-refractivity contribution is 6.28. The highest BCUT2D eigenvalue weighted by Gasteiger charge is 2.25. The summed E-state index contributed by atoms with van der Waals surface area (Å²) in [7, 11) is -2.10. The van der Waals surface area contributed by atoms with Crippen molar-refractivity contribution in [1.29, 1.82) is 0 Å². The quantitative estimate of drug-likeness (QED) is 0.0514. The summed E-state index contributed by atoms with van der Waals surface area (Å²) in [6.07, 6.45) is 23.9. The second-order valence-electron chi connectivity index (χ2n) is 12.8. The zero-order chi connectivity index (χ0) is 32.4. The lowest BCUT2D eigenvalue weighted by atomic mass is 10.1. The van der Waals surface area contributed by atoms with Gasteiger partial charge in [-0.05, 0) is 57.8 Å². The Morgan fingerprint density at radius 2 is 0.548 bits per heavy atom. The van der Waals surface area contributed by atoms with Gasteiger partial charge in [0.05, 0.1) is 59.7 Å². The molecule has 0 aliphatic rings. The molecule has 0 amide bonds. The smallest absolute Gasteiger partial charge is 0.0786 e. The predicted octanol–water partition coefficient (Wildman–Crippen LogP) is 8.52. The van der Waals surface area contributed by atoms with Crippen molar-refractivity contribution >= 4 is 7.32 Å². The van der Waals surface area contributed by atoms with Crippen LogP contribution in [0.25, 0.3) is 0 Å². The average Bonchev–Trinajstić information content (AvgIpc) is 3.00. The Balaban J connectivity index is -0.000000579. The maximum absolute atomic E-state index is 9.62. The molecule has 0 bridgehead atoms. The van der Waals surface area contributed by atoms with E-state index in [-0.39, 0.29) is 0 Å². The first-order valence-corrected chi connectivity index (χ1v) is 18.9. The molecule has 0 unspecified atom stereocenters. The Labute approximate surface area is 267 Å². The van der Waals surface area contributed by atoms with Crippen LogP contribution in [0.3, 0.4) is 0 Å². The molecule has 0 heterocycles. The lowest BCUT2D eigenvalue weighted by molar-refractivity contribution is -0.929. The van der Waals surface area contributed by atoms with E-state index in [9.17, 15) is 10.0 Å². The summed E-state index contributed by atoms with van der Waals surface area (Å²) in [5.74, 6) is 0. The van der Waals surface area contributed by atoms with E-state index in [1.165, 1.54) is 164 Å². The van der Waals surface area contributed by atoms with E-state index < -0.39 is 7.32 Å². The summed E-state index contributed by atoms with van der Waals surface area (Å²) < 4.78 is 7.01. The summed E-state index contributed by atoms with van der Waals surface area (Å²) in [5.41, 5.74) is 0. The summed E-state index contributed by atoms with van der Waals surface area (Å²) in [6, 6.07) is 0. The molecule has 0 fully saturated rings. The third-order valence-corrected chi connectivity index (χ3v) is 8.64. The predicted molar refractivity (Wildman–Crippen MR) is 185 cm³/mol. The molecule has 0 saturated carbocycles. The van der Waals surface area contributed by atoms with E-state index in [1.54, 1.807) is 0 Å². The lowest BCUT2D eigenvalue weighted by Crippen LogP contribution is -2.50. The van der Waals surface area contributed by atoms with Gasteiger partial charge in [-0.1, -0.05) is 120 Å². The van der Waals surface area contributed by atoms with Crippen molar-refractivity contribution in [3.63, 3.8) is 0 Å². The number of nitrogens with zero attached hydrogens (tertiary/aromatic N) is 2. The van der Waals surface area contributed by atoms with Crippen LogP contribution in [0.2, 0.25) is 0 Å². The lowest BCUT2D eigenvalue weighted by Gasteiger charge is -2.39. The topological polar surface area (TPSA) is 55.3 Å². The van der Waals surface area contributed by atoms with Crippen LogP contribution in [0.15, 0.2) is 0 Å². The van der Waals surface area contributed by atoms with E-state index >= 15 is 0 Å². The number of quaternary nitrogens is 2. The molecule has 6 heteroatoms. The first kappa shape index (κ1) is 46.3. The van der Waals surface area contributed by atoms with E-state index in [0.29, 0.717) is 6.61 Å². The molecular weight excluding hydrogens is 519 g/mol. The van der Waals surface area contributed by atoms with Gasteiger partial charge < -0.3 is 23.7 Å². The zero-order valence-electron chi connectivity index (χ0n) is 30.8. The largest absolute Gasteiger partial charge is 0.871 e. The van der Waals surface area contributed by atoms with Crippen LogP contribution in [-0.4, -0.2) is 75.3 Å². The molecule has 0 spiro atoms. The van der Waals surface area contributed by atoms with E-state index in [1.807, 2.05) is 6.92 Å². The van der Waals surface area contributed by atoms with Crippen molar-refractivity contribution in [2.75, 3.05) is 59.0 Å². The Bertz CT molecular complexity index is 383. The highest BCUT2D eigenvalue weighted by atomic mass is 16.6. The van der Waals surface area contributed by atoms with Gasteiger partial charge in [0.1, 0.15) is 0 Å². The van der Waals surface area contributed by atoms with Crippen molar-refractivity contribution in [1.82, 2.24) is 0 Å². The second kappa shape index (κ2) is 35.3. The third-order valence-electron chi connectivity index (χ3n) is 8.64. The molecule has 0 rings (SSSR count). The zero-order valence-corrected chi connectivity index (χ0v) is 30.8. The molecule has 5 nitrogen and oxygen atoms in total. The normalized spacial score (nSPS) is 11.5. The molecule has 0 aromatic carbocycles. The monoisotopic (exact) mass is 601 g/mol. The van der Waals surface area contributed by atoms with Gasteiger partial charge in [-0.3, -0.25) is 0 Å². The number of hydrogen-bond acceptors (Lipinski definition) is 3. The molecule has 0 aliphatic heterocycles. The van der Waals surface area contributed by atoms with Crippen LogP contribution in [-0.2, 0) is 4.65 Å². The van der Waals surface area contributed by atoms with Gasteiger partial charge >= 0.3 is 0 Å². The Kier molecular flexibility index (Phi) is 39.0. The van der Waals surface area contributed by atoms with Crippen molar-refractivity contribution < 1.29 is 23.7 Å². The minimum absolute atomic E-state index is 0.300. The van der Waals surface area contributed by atoms with Gasteiger partial charge in [0.25, 0.3) is 0 Å². The van der Waals surface area contributed by atoms with Crippen LogP contribution in [0.5, 0.6) is 0 Å². The van der Waals surface area contributed by atoms with Crippen LogP contribution in [0.4, 0.5) is 0 Å². The van der Waals surface area contributed by atoms with Crippen LogP contribution in [0, 0.1) is 0 Å². The molecule has 0 atom stereocenters. The number of rotatable bonds is 28. The number of hydrogen-bond donors (Lipinski definition) is 0. The molecule has 0 aromatic rings. The van der Waals surface area contributed by atoms with Crippen LogP contribution < -0.4 is 10.0 Å². The van der Waals surface area contributed by atoms with Crippen LogP contribution >= 0.6 is 0 Å². The van der Waals surface area contributed by atoms with Gasteiger partial charge in [0.15, 0.2) is 0 Å². The van der Waals surface area contributed by atoms with Crippen molar-refractivity contribution in [3.8, 4) is 0 Å². The SMILES string of the molecule is CCCCOB([O-])[O-].CCCC[N+](CCCC)(CCCC)CCCC.CCCC[N+](CCCC)(CCCC)CCCC. The first-order valence-electron chi connectivity index (χ1n) is 18.9. The van der Waals surface area contributed by atoms with Gasteiger partial charge in [-0.25, -0.2) is 0 Å². The van der Waals surface area contributed by atoms with Crippen LogP contribution in [0.1, 0.15) is 178 Å². The Morgan fingerprint density at radius 3 is 0.690 bits per heavy atom. The van der Waals surface area contributed by atoms with Gasteiger partial charge in [-0.15, -0.1) is 0 Å². The standard InChI is InChI=1S/2C16H36N.C4H9BO3/c2*1-5-9-13-17(14-10-6-2,15-11-7-3)16-12-8-4;1-2-3-4-8-5(6)7/h2*5-16H2,1-4H3;2-4H2,1H3/q2*+1;-2. The highest BCUT2D eigenvalue weighted by Crippen LogP contribution is 2.17. The molecule has 0 saturated heterocycles. The van der Waals surface area contributed by atoms with Gasteiger partial charge in [0, 0.05) is 6.61 Å². The summed E-state index contributed by atoms with van der Waals surface area (Å²) in [4.78, 5) is 0. The number of unbranched alkanes of at least 4 members (excludes halogenated alkanes) is 9. The van der Waals surface area contributed by atoms with Gasteiger partial charge in [0.2, 0.25) is 0 Å². The van der Waals surface area contributed by atoms with E-state index in [4.69, 9.17) is 0 Å². The Morgan fingerprint density at radius 1 is 0.357 bits per heavy atom. The van der Waals surface area contributed by atoms with Crippen molar-refractivity contribution in [2.45, 2.75) is 178 Å². The fraction of sp³-hybridized carbons (Fsp3) is 1.00. The van der Waals surface area contributed by atoms with Crippen molar-refractivity contribution in [2.24, 2.45) is 0 Å². The van der Waals surface area contributed by atoms with E-state index in [0.717, 1.165) is 12.8 Å². The fourth-order valence-electron chi connectivity index (χ4n) is 5.61. The van der Waals surface area contributed by atoms with Gasteiger partial charge in [-0.2, -0.15) is 0 Å². The molecule has 42 heavy (non-hydrogen) atoms. The third kappa shape index (κ3) is 29.9. The summed E-state index contributed by atoms with van der Waals surface area (Å²) in [5, 5.41) is 19.2. The second-order valence-corrected chi connectivity index (χ2v) is 12.8. The fourth-order valence-corrected chi connectivity index (χ4v) is 5.61. The first-order chi connectivity index (χ1) is 20.3. The maximum Gasteiger partial charge on any atom is 0.0786 e.